The third kappa shape index (κ3) is 4.41. The fourth-order valence-electron chi connectivity index (χ4n) is 2.51. The van der Waals surface area contributed by atoms with Crippen LogP contribution in [0, 0.1) is 11.7 Å². The average Bonchev–Trinajstić information content (AvgIpc) is 2.53. The number of amides is 1. The molecular weight excluding hydrogens is 285 g/mol. The maximum absolute atomic E-state index is 13.1. The first-order chi connectivity index (χ1) is 10.6. The lowest BCUT2D eigenvalue weighted by Gasteiger charge is -2.30. The Morgan fingerprint density at radius 3 is 3.00 bits per heavy atom. The minimum Gasteiger partial charge on any atom is -0.466 e. The number of rotatable bonds is 4. The lowest BCUT2D eigenvalue weighted by molar-refractivity contribution is -0.150. The monoisotopic (exact) mass is 305 g/mol. The van der Waals surface area contributed by atoms with Gasteiger partial charge in [0.25, 0.3) is 0 Å². The van der Waals surface area contributed by atoms with Crippen LogP contribution in [0.3, 0.4) is 0 Å². The van der Waals surface area contributed by atoms with Gasteiger partial charge in [-0.15, -0.1) is 0 Å². The molecule has 0 unspecified atom stereocenters. The summed E-state index contributed by atoms with van der Waals surface area (Å²) in [7, 11) is 0. The molecule has 4 nitrogen and oxygen atoms in total. The van der Waals surface area contributed by atoms with E-state index < -0.39 is 0 Å². The van der Waals surface area contributed by atoms with Crippen LogP contribution >= 0.6 is 0 Å². The summed E-state index contributed by atoms with van der Waals surface area (Å²) < 4.78 is 18.1. The fourth-order valence-corrected chi connectivity index (χ4v) is 2.51. The number of benzene rings is 1. The number of carbonyl (C=O) groups is 2. The quantitative estimate of drug-likeness (QED) is 0.634. The standard InChI is InChI=1S/C17H20FNO3/c1-2-22-17(21)14-6-4-10-19(12-14)16(20)9-8-13-5-3-7-15(18)11-13/h3,5,7-9,11,14H,2,4,6,10,12H2,1H3/b9-8+/t14-/m0/s1. The number of ether oxygens (including phenoxy) is 1. The van der Waals surface area contributed by atoms with Crippen LogP contribution in [0.1, 0.15) is 25.3 Å². The highest BCUT2D eigenvalue weighted by molar-refractivity contribution is 5.92. The van der Waals surface area contributed by atoms with Crippen LogP contribution in [0.25, 0.3) is 6.08 Å². The number of likely N-dealkylation sites (tertiary alicyclic amines) is 1. The van der Waals surface area contributed by atoms with Crippen LogP contribution in [0.15, 0.2) is 30.3 Å². The third-order valence-corrected chi connectivity index (χ3v) is 3.62. The minimum absolute atomic E-state index is 0.168. The van der Waals surface area contributed by atoms with Crippen molar-refractivity contribution in [2.75, 3.05) is 19.7 Å². The molecule has 1 amide bonds. The molecular formula is C17H20FNO3. The third-order valence-electron chi connectivity index (χ3n) is 3.62. The van der Waals surface area contributed by atoms with Gasteiger partial charge in [0.2, 0.25) is 5.91 Å². The normalized spacial score (nSPS) is 18.5. The number of nitrogens with zero attached hydrogens (tertiary/aromatic N) is 1. The van der Waals surface area contributed by atoms with Crippen molar-refractivity contribution in [3.05, 3.63) is 41.7 Å². The molecule has 118 valence electrons. The van der Waals surface area contributed by atoms with Gasteiger partial charge in [-0.1, -0.05) is 12.1 Å². The number of piperidine rings is 1. The molecule has 0 aromatic heterocycles. The van der Waals surface area contributed by atoms with Crippen LogP contribution < -0.4 is 0 Å². The summed E-state index contributed by atoms with van der Waals surface area (Å²) in [4.78, 5) is 25.6. The summed E-state index contributed by atoms with van der Waals surface area (Å²) in [6.45, 7) is 3.13. The second-order valence-electron chi connectivity index (χ2n) is 5.26. The fraction of sp³-hybridized carbons (Fsp3) is 0.412. The SMILES string of the molecule is CCOC(=O)[C@H]1CCCN(C(=O)/C=C/c2cccc(F)c2)C1. The lowest BCUT2D eigenvalue weighted by atomic mass is 9.98. The highest BCUT2D eigenvalue weighted by atomic mass is 19.1. The predicted octanol–water partition coefficient (Wildman–Crippen LogP) is 2.64. The molecule has 2 rings (SSSR count). The smallest absolute Gasteiger partial charge is 0.310 e. The van der Waals surface area contributed by atoms with Gasteiger partial charge < -0.3 is 9.64 Å². The highest BCUT2D eigenvalue weighted by Gasteiger charge is 2.28. The number of hydrogen-bond donors (Lipinski definition) is 0. The van der Waals surface area contributed by atoms with Gasteiger partial charge in [-0.3, -0.25) is 9.59 Å². The largest absolute Gasteiger partial charge is 0.466 e. The lowest BCUT2D eigenvalue weighted by Crippen LogP contribution is -2.42. The molecule has 1 fully saturated rings. The van der Waals surface area contributed by atoms with E-state index in [2.05, 4.69) is 0 Å². The van der Waals surface area contributed by atoms with E-state index in [1.54, 1.807) is 30.0 Å². The zero-order valence-corrected chi connectivity index (χ0v) is 12.6. The molecule has 0 aliphatic carbocycles. The van der Waals surface area contributed by atoms with Crippen molar-refractivity contribution < 1.29 is 18.7 Å². The van der Waals surface area contributed by atoms with E-state index >= 15 is 0 Å². The van der Waals surface area contributed by atoms with Crippen molar-refractivity contribution in [2.24, 2.45) is 5.92 Å². The first kappa shape index (κ1) is 16.2. The topological polar surface area (TPSA) is 46.6 Å². The van der Waals surface area contributed by atoms with Gasteiger partial charge in [-0.05, 0) is 43.5 Å². The summed E-state index contributed by atoms with van der Waals surface area (Å²) in [5, 5.41) is 0. The van der Waals surface area contributed by atoms with Crippen molar-refractivity contribution in [1.82, 2.24) is 4.90 Å². The summed E-state index contributed by atoms with van der Waals surface area (Å²) in [5.41, 5.74) is 0.632. The Morgan fingerprint density at radius 1 is 1.45 bits per heavy atom. The van der Waals surface area contributed by atoms with Gasteiger partial charge in [0.15, 0.2) is 0 Å². The van der Waals surface area contributed by atoms with Crippen molar-refractivity contribution in [3.63, 3.8) is 0 Å². The molecule has 1 aliphatic rings. The Kier molecular flexibility index (Phi) is 5.69. The molecule has 0 bridgehead atoms. The summed E-state index contributed by atoms with van der Waals surface area (Å²) >= 11 is 0. The van der Waals surface area contributed by atoms with E-state index in [9.17, 15) is 14.0 Å². The molecule has 0 N–H and O–H groups in total. The molecule has 1 saturated heterocycles. The molecule has 1 atom stereocenters. The Bertz CT molecular complexity index is 571. The van der Waals surface area contributed by atoms with E-state index in [1.165, 1.54) is 18.2 Å². The van der Waals surface area contributed by atoms with Crippen LogP contribution in [-0.4, -0.2) is 36.5 Å². The Labute approximate surface area is 129 Å². The van der Waals surface area contributed by atoms with Crippen LogP contribution in [-0.2, 0) is 14.3 Å². The first-order valence-corrected chi connectivity index (χ1v) is 7.49. The Morgan fingerprint density at radius 2 is 2.27 bits per heavy atom. The number of esters is 1. The summed E-state index contributed by atoms with van der Waals surface area (Å²) in [6.07, 6.45) is 4.53. The maximum Gasteiger partial charge on any atom is 0.310 e. The van der Waals surface area contributed by atoms with Gasteiger partial charge in [-0.2, -0.15) is 0 Å². The molecule has 5 heteroatoms. The van der Waals surface area contributed by atoms with Gasteiger partial charge in [-0.25, -0.2) is 4.39 Å². The van der Waals surface area contributed by atoms with Gasteiger partial charge in [0.05, 0.1) is 12.5 Å². The molecule has 1 aromatic rings. The van der Waals surface area contributed by atoms with Crippen molar-refractivity contribution >= 4 is 18.0 Å². The zero-order chi connectivity index (χ0) is 15.9. The average molecular weight is 305 g/mol. The van der Waals surface area contributed by atoms with Gasteiger partial charge >= 0.3 is 5.97 Å². The van der Waals surface area contributed by atoms with Crippen LogP contribution in [0.5, 0.6) is 0 Å². The second-order valence-corrected chi connectivity index (χ2v) is 5.26. The first-order valence-electron chi connectivity index (χ1n) is 7.49. The zero-order valence-electron chi connectivity index (χ0n) is 12.6. The van der Waals surface area contributed by atoms with E-state index in [0.29, 0.717) is 25.3 Å². The second kappa shape index (κ2) is 7.73. The van der Waals surface area contributed by atoms with Crippen LogP contribution in [0.4, 0.5) is 4.39 Å². The van der Waals surface area contributed by atoms with Crippen molar-refractivity contribution in [1.29, 1.82) is 0 Å². The molecule has 0 saturated carbocycles. The highest BCUT2D eigenvalue weighted by Crippen LogP contribution is 2.18. The number of halogens is 1. The molecule has 0 spiro atoms. The summed E-state index contributed by atoms with van der Waals surface area (Å²) in [5.74, 6) is -0.998. The van der Waals surface area contributed by atoms with Crippen molar-refractivity contribution in [3.8, 4) is 0 Å². The van der Waals surface area contributed by atoms with E-state index in [4.69, 9.17) is 4.74 Å². The molecule has 1 heterocycles. The number of carbonyl (C=O) groups excluding carboxylic acids is 2. The Balaban J connectivity index is 1.95. The number of hydrogen-bond acceptors (Lipinski definition) is 3. The van der Waals surface area contributed by atoms with E-state index in [-0.39, 0.29) is 23.6 Å². The minimum atomic E-state index is -0.338. The molecule has 0 radical (unpaired) electrons. The summed E-state index contributed by atoms with van der Waals surface area (Å²) in [6, 6.07) is 6.04. The van der Waals surface area contributed by atoms with Gasteiger partial charge in [0.1, 0.15) is 5.82 Å². The Hall–Kier alpha value is -2.17. The van der Waals surface area contributed by atoms with Crippen LogP contribution in [0.2, 0.25) is 0 Å². The van der Waals surface area contributed by atoms with Gasteiger partial charge in [0, 0.05) is 19.2 Å². The molecule has 1 aromatic carbocycles. The molecule has 1 aliphatic heterocycles. The molecule has 22 heavy (non-hydrogen) atoms. The predicted molar refractivity (Wildman–Crippen MR) is 81.4 cm³/mol. The maximum atomic E-state index is 13.1. The van der Waals surface area contributed by atoms with Crippen molar-refractivity contribution in [2.45, 2.75) is 19.8 Å². The van der Waals surface area contributed by atoms with E-state index in [1.807, 2.05) is 0 Å². The van der Waals surface area contributed by atoms with E-state index in [0.717, 1.165) is 12.8 Å².